The zero-order valence-electron chi connectivity index (χ0n) is 42.3. The van der Waals surface area contributed by atoms with Crippen molar-refractivity contribution in [1.29, 1.82) is 0 Å². The van der Waals surface area contributed by atoms with Crippen LogP contribution >= 0.6 is 0 Å². The molecule has 0 atom stereocenters. The third kappa shape index (κ3) is 9.63. The molecule has 0 unspecified atom stereocenters. The molecule has 0 amide bonds. The van der Waals surface area contributed by atoms with Crippen molar-refractivity contribution in [2.24, 2.45) is 0 Å². The van der Waals surface area contributed by atoms with Crippen molar-refractivity contribution in [2.75, 3.05) is 0 Å². The van der Waals surface area contributed by atoms with Crippen LogP contribution in [0.2, 0.25) is 0 Å². The van der Waals surface area contributed by atoms with E-state index in [1.807, 2.05) is 0 Å². The van der Waals surface area contributed by atoms with Crippen LogP contribution in [0.25, 0.3) is 0 Å². The molecule has 0 saturated carbocycles. The average Bonchev–Trinajstić information content (AvgIpc) is 0.769. The van der Waals surface area contributed by atoms with Crippen LogP contribution in [-0.2, 0) is 18.2 Å². The third-order valence-electron chi connectivity index (χ3n) is 13.0. The summed E-state index contributed by atoms with van der Waals surface area (Å²) in [6.07, 6.45) is -10.4. The summed E-state index contributed by atoms with van der Waals surface area (Å²) in [5, 5.41) is 0. The number of esters is 2. The molecule has 460 valence electrons. The van der Waals surface area contributed by atoms with Gasteiger partial charge in [-0.05, 0) is 46.6 Å². The number of carbonyl (C=O) groups excluding carboxylic acids is 2. The predicted molar refractivity (Wildman–Crippen MR) is 235 cm³/mol. The van der Waals surface area contributed by atoms with E-state index in [4.69, 9.17) is 18.2 Å². The van der Waals surface area contributed by atoms with Crippen molar-refractivity contribution in [3.8, 4) is 0 Å². The van der Waals surface area contributed by atoms with Gasteiger partial charge in [-0.3, -0.25) is 0 Å². The van der Waals surface area contributed by atoms with E-state index in [1.165, 1.54) is 0 Å². The molecular formula is C50H20B2F30O4. The highest BCUT2D eigenvalue weighted by molar-refractivity contribution is 7.06. The Balaban J connectivity index is 0.000000246. The lowest BCUT2D eigenvalue weighted by atomic mass is 9.27. The van der Waals surface area contributed by atoms with Gasteiger partial charge >= 0.3 is 24.6 Å². The Morgan fingerprint density at radius 1 is 0.233 bits per heavy atom. The van der Waals surface area contributed by atoms with Gasteiger partial charge in [0.15, 0.2) is 105 Å². The highest BCUT2D eigenvalue weighted by Gasteiger charge is 2.59. The highest BCUT2D eigenvalue weighted by atomic mass is 19.2. The van der Waals surface area contributed by atoms with Gasteiger partial charge in [-0.2, -0.15) is 0 Å². The molecule has 36 heteroatoms. The second-order valence-corrected chi connectivity index (χ2v) is 19.4. The lowest BCUT2D eigenvalue weighted by Gasteiger charge is -2.35. The Morgan fingerprint density at radius 2 is 0.349 bits per heavy atom. The Labute approximate surface area is 457 Å². The number of halogens is 30. The molecule has 8 rings (SSSR count). The average molecular weight is 1280 g/mol. The van der Waals surface area contributed by atoms with Gasteiger partial charge in [-0.25, -0.2) is 132 Å². The fourth-order valence-corrected chi connectivity index (χ4v) is 9.51. The second-order valence-electron chi connectivity index (χ2n) is 19.4. The fraction of sp³-hybridized carbons (Fsp3) is 0.160. The number of hydrogen-bond donors (Lipinski definition) is 0. The van der Waals surface area contributed by atoms with Gasteiger partial charge in [0.1, 0.15) is 69.8 Å². The van der Waals surface area contributed by atoms with E-state index in [9.17, 15) is 79.0 Å². The van der Waals surface area contributed by atoms with Gasteiger partial charge in [-0.15, -0.1) is 0 Å². The molecule has 2 heterocycles. The third-order valence-corrected chi connectivity index (χ3v) is 13.0. The Morgan fingerprint density at radius 3 is 0.453 bits per heavy atom. The van der Waals surface area contributed by atoms with Gasteiger partial charge in [0.25, 0.3) is 0 Å². The molecule has 0 aromatic heterocycles. The van der Waals surface area contributed by atoms with Gasteiger partial charge in [0, 0.05) is 39.8 Å². The van der Waals surface area contributed by atoms with Crippen LogP contribution in [0.5, 0.6) is 0 Å². The van der Waals surface area contributed by atoms with Crippen molar-refractivity contribution in [3.05, 3.63) is 198 Å². The summed E-state index contributed by atoms with van der Waals surface area (Å²) < 4.78 is 463. The van der Waals surface area contributed by atoms with Gasteiger partial charge in [0.05, 0.1) is 11.1 Å². The van der Waals surface area contributed by atoms with Gasteiger partial charge in [-0.1, -0.05) is 0 Å². The van der Waals surface area contributed by atoms with Crippen molar-refractivity contribution in [2.45, 2.75) is 52.7 Å². The first-order valence-corrected chi connectivity index (χ1v) is 22.8. The number of cyclic esters (lactones) is 2. The van der Waals surface area contributed by atoms with Crippen LogP contribution in [0, 0.1) is 175 Å². The van der Waals surface area contributed by atoms with E-state index in [1.54, 1.807) is 0 Å². The van der Waals surface area contributed by atoms with E-state index in [-0.39, 0.29) is 0 Å². The van der Waals surface area contributed by atoms with E-state index in [2.05, 4.69) is 0 Å². The fourth-order valence-electron chi connectivity index (χ4n) is 9.51. The molecule has 0 N–H and O–H groups in total. The summed E-state index contributed by atoms with van der Waals surface area (Å²) >= 11 is 0. The standard InChI is InChI=1S/2C25H10BF15O2/c2*1-5-4-25(2,3)42-24(5)43-26(6-9(27)15(33)21(39)16(34)10(6)28,7-11(29)17(35)22(40)18(36)12(7)30)8-13(31)19(37)23(41)20(38)14(8)32/h2*4H,1-3H3. The molecule has 0 radical (unpaired) electrons. The molecule has 0 spiro atoms. The maximum atomic E-state index is 15.4. The maximum absolute atomic E-state index is 15.4. The first-order valence-electron chi connectivity index (χ1n) is 22.8. The minimum atomic E-state index is -6.21. The van der Waals surface area contributed by atoms with Crippen LogP contribution < -0.4 is 32.8 Å². The Hall–Kier alpha value is -8.23. The minimum Gasteiger partial charge on any atom is -0.561 e. The molecule has 4 nitrogen and oxygen atoms in total. The summed E-state index contributed by atoms with van der Waals surface area (Å²) in [6, 6.07) is 0. The molecule has 86 heavy (non-hydrogen) atoms. The minimum absolute atomic E-state index is 0.465. The number of rotatable bonds is 8. The second kappa shape index (κ2) is 21.9. The molecular weight excluding hydrogens is 1260 g/mol. The van der Waals surface area contributed by atoms with Crippen molar-refractivity contribution < 1.29 is 150 Å². The first kappa shape index (κ1) is 65.3. The lowest BCUT2D eigenvalue weighted by molar-refractivity contribution is -0.315. The van der Waals surface area contributed by atoms with E-state index >= 15 is 52.7 Å². The largest absolute Gasteiger partial charge is 0.561 e. The van der Waals surface area contributed by atoms with Crippen molar-refractivity contribution in [3.63, 3.8) is 0 Å². The quantitative estimate of drug-likeness (QED) is 0.0381. The van der Waals surface area contributed by atoms with E-state index in [0.29, 0.717) is 0 Å². The number of hydrogen-bond acceptors (Lipinski definition) is 2. The predicted octanol–water partition coefficient (Wildman–Crippen LogP) is 11.1. The zero-order chi connectivity index (χ0) is 65.3. The van der Waals surface area contributed by atoms with Crippen LogP contribution in [0.3, 0.4) is 0 Å². The van der Waals surface area contributed by atoms with Crippen LogP contribution in [-0.4, -0.2) is 35.8 Å². The SMILES string of the molecule is CC1=CC(C)(C)OC1=[O+][B-](c1c(F)c(F)c(F)c(F)c1F)(c1c(F)c(F)c(F)c(F)c1F)c1c(F)c(F)c(F)c(F)c1F.CC1=CC(C)(C)OC1=[O+][B-](c1c(F)c(F)c(F)c(F)c1F)(c1c(F)c(F)c(F)c(F)c1F)c1c(F)c(F)c(F)c(F)c1F. The smallest absolute Gasteiger partial charge is 0.459 e. The summed E-state index contributed by atoms with van der Waals surface area (Å²) in [5.41, 5.74) is -21.5. The lowest BCUT2D eigenvalue weighted by Crippen LogP contribution is -2.74. The molecule has 6 aromatic rings. The normalized spacial score (nSPS) is 15.8. The first-order chi connectivity index (χ1) is 39.4. The number of ether oxygens (including phenoxy) is 2. The molecule has 0 bridgehead atoms. The summed E-state index contributed by atoms with van der Waals surface area (Å²) in [5.74, 6) is -96.6. The van der Waals surface area contributed by atoms with Crippen molar-refractivity contribution >= 4 is 57.4 Å². The molecule has 0 saturated heterocycles. The highest BCUT2D eigenvalue weighted by Crippen LogP contribution is 2.34. The van der Waals surface area contributed by atoms with Crippen LogP contribution in [0.15, 0.2) is 23.3 Å². The Bertz CT molecular complexity index is 3350. The maximum Gasteiger partial charge on any atom is 0.459 e. The molecule has 2 aliphatic heterocycles. The molecule has 2 aliphatic rings. The Kier molecular flexibility index (Phi) is 16.7. The van der Waals surface area contributed by atoms with Crippen molar-refractivity contribution in [1.82, 2.24) is 0 Å². The van der Waals surface area contributed by atoms with Crippen LogP contribution in [0.1, 0.15) is 41.5 Å². The topological polar surface area (TPSA) is 41.1 Å². The van der Waals surface area contributed by atoms with Gasteiger partial charge in [0.2, 0.25) is 11.2 Å². The monoisotopic (exact) mass is 1280 g/mol. The molecule has 0 aliphatic carbocycles. The molecule has 6 aromatic carbocycles. The van der Waals surface area contributed by atoms with E-state index < -0.39 is 254 Å². The zero-order valence-corrected chi connectivity index (χ0v) is 42.3. The summed E-state index contributed by atoms with van der Waals surface area (Å²) in [4.78, 5) is 0. The van der Waals surface area contributed by atoms with Crippen LogP contribution in [0.4, 0.5) is 132 Å². The summed E-state index contributed by atoms with van der Waals surface area (Å²) in [6.45, 7) is 6.54. The van der Waals surface area contributed by atoms with Gasteiger partial charge < -0.3 is 18.2 Å². The van der Waals surface area contributed by atoms with E-state index in [0.717, 1.165) is 53.7 Å². The number of benzene rings is 6. The summed E-state index contributed by atoms with van der Waals surface area (Å²) in [7, 11) is 0. The molecule has 0 fully saturated rings.